The fraction of sp³-hybridized carbons (Fsp3) is 0.529. The zero-order chi connectivity index (χ0) is 17.3. The van der Waals surface area contributed by atoms with Crippen molar-refractivity contribution in [2.24, 2.45) is 5.92 Å². The Labute approximate surface area is 145 Å². The molecular weight excluding hydrogens is 322 g/mol. The fourth-order valence-corrected chi connectivity index (χ4v) is 3.90. The number of benzene rings is 1. The molecule has 1 N–H and O–H groups in total. The molecule has 0 spiro atoms. The summed E-state index contributed by atoms with van der Waals surface area (Å²) in [6.07, 6.45) is 3.27. The van der Waals surface area contributed by atoms with E-state index in [0.717, 1.165) is 32.5 Å². The third-order valence-corrected chi connectivity index (χ3v) is 5.41. The van der Waals surface area contributed by atoms with E-state index in [2.05, 4.69) is 20.4 Å². The minimum Gasteiger partial charge on any atom is -0.459 e. The molecule has 0 radical (unpaired) electrons. The number of aromatic nitrogens is 4. The van der Waals surface area contributed by atoms with Gasteiger partial charge in [-0.05, 0) is 47.8 Å². The molecule has 1 aromatic carbocycles. The van der Waals surface area contributed by atoms with E-state index < -0.39 is 18.1 Å². The van der Waals surface area contributed by atoms with Crippen LogP contribution in [0.5, 0.6) is 0 Å². The number of fused-ring (bicyclic) bond motifs is 3. The smallest absolute Gasteiger partial charge is 0.341 e. The second-order valence-electron chi connectivity index (χ2n) is 6.72. The number of aliphatic hydroxyl groups is 1. The Kier molecular flexibility index (Phi) is 4.22. The van der Waals surface area contributed by atoms with Crippen LogP contribution >= 0.6 is 0 Å². The predicted molar refractivity (Wildman–Crippen MR) is 87.5 cm³/mol. The molecule has 3 fully saturated rings. The maximum Gasteiger partial charge on any atom is 0.341 e. The van der Waals surface area contributed by atoms with Crippen LogP contribution in [0.2, 0.25) is 0 Å². The number of carbonyl (C=O) groups excluding carboxylic acids is 1. The summed E-state index contributed by atoms with van der Waals surface area (Å²) in [7, 11) is 0. The van der Waals surface area contributed by atoms with Gasteiger partial charge in [-0.2, -0.15) is 0 Å². The summed E-state index contributed by atoms with van der Waals surface area (Å²) in [5.74, 6) is -0.137. The molecule has 5 rings (SSSR count). The molecule has 0 saturated carbocycles. The number of hydrogen-bond acceptors (Lipinski definition) is 7. The highest BCUT2D eigenvalue weighted by atomic mass is 16.5. The zero-order valence-corrected chi connectivity index (χ0v) is 13.9. The molecule has 1 aromatic heterocycles. The van der Waals surface area contributed by atoms with Crippen LogP contribution in [0.4, 0.5) is 0 Å². The molecule has 132 valence electrons. The second kappa shape index (κ2) is 6.53. The molecule has 0 aliphatic carbocycles. The fourth-order valence-electron chi connectivity index (χ4n) is 3.90. The van der Waals surface area contributed by atoms with E-state index in [-0.39, 0.29) is 6.10 Å². The summed E-state index contributed by atoms with van der Waals surface area (Å²) < 4.78 is 7.19. The number of tetrazole rings is 1. The summed E-state index contributed by atoms with van der Waals surface area (Å²) in [4.78, 5) is 15.5. The molecule has 3 aliphatic rings. The van der Waals surface area contributed by atoms with Crippen molar-refractivity contribution in [2.45, 2.75) is 24.5 Å². The van der Waals surface area contributed by atoms with Gasteiger partial charge in [-0.3, -0.25) is 4.90 Å². The predicted octanol–water partition coefficient (Wildman–Crippen LogP) is 0.0464. The van der Waals surface area contributed by atoms with Crippen LogP contribution in [0.1, 0.15) is 18.4 Å². The summed E-state index contributed by atoms with van der Waals surface area (Å²) in [6.45, 7) is 2.40. The van der Waals surface area contributed by atoms with Crippen molar-refractivity contribution in [3.05, 3.63) is 42.2 Å². The number of hydrogen-bond donors (Lipinski definition) is 1. The Hall–Kier alpha value is -2.32. The van der Waals surface area contributed by atoms with E-state index in [0.29, 0.717) is 11.5 Å². The second-order valence-corrected chi connectivity index (χ2v) is 6.72. The van der Waals surface area contributed by atoms with Crippen LogP contribution in [0, 0.1) is 5.92 Å². The molecule has 25 heavy (non-hydrogen) atoms. The lowest BCUT2D eigenvalue weighted by atomic mass is 9.85. The highest BCUT2D eigenvalue weighted by Crippen LogP contribution is 2.33. The van der Waals surface area contributed by atoms with Gasteiger partial charge in [-0.1, -0.05) is 30.3 Å². The Bertz CT molecular complexity index is 715. The number of rotatable bonds is 5. The van der Waals surface area contributed by atoms with E-state index in [1.54, 1.807) is 12.1 Å². The Morgan fingerprint density at radius 1 is 1.28 bits per heavy atom. The zero-order valence-electron chi connectivity index (χ0n) is 13.9. The normalized spacial score (nSPS) is 27.6. The van der Waals surface area contributed by atoms with Crippen LogP contribution in [0.3, 0.4) is 0 Å². The number of ether oxygens (including phenoxy) is 1. The number of piperidine rings is 3. The standard InChI is InChI=1S/C17H21N5O3/c23-11-17(22-12-18-19-20-22,14-4-2-1-3-5-14)16(24)25-15-10-21-8-6-13(15)7-9-21/h1-5,12-13,15,23H,6-11H2. The summed E-state index contributed by atoms with van der Waals surface area (Å²) in [5.41, 5.74) is -0.882. The van der Waals surface area contributed by atoms with Crippen LogP contribution in [-0.2, 0) is 15.1 Å². The van der Waals surface area contributed by atoms with Gasteiger partial charge in [0.25, 0.3) is 0 Å². The van der Waals surface area contributed by atoms with Gasteiger partial charge in [-0.15, -0.1) is 5.10 Å². The van der Waals surface area contributed by atoms with Gasteiger partial charge in [-0.25, -0.2) is 9.48 Å². The van der Waals surface area contributed by atoms with Gasteiger partial charge in [0.15, 0.2) is 0 Å². The molecule has 3 saturated heterocycles. The topological polar surface area (TPSA) is 93.4 Å². The van der Waals surface area contributed by atoms with Crippen molar-refractivity contribution in [3.8, 4) is 0 Å². The van der Waals surface area contributed by atoms with E-state index in [9.17, 15) is 9.90 Å². The molecule has 8 heteroatoms. The number of carbonyl (C=O) groups is 1. The number of nitrogens with zero attached hydrogens (tertiary/aromatic N) is 5. The van der Waals surface area contributed by atoms with Gasteiger partial charge >= 0.3 is 5.97 Å². The first-order valence-electron chi connectivity index (χ1n) is 8.57. The average molecular weight is 343 g/mol. The number of esters is 1. The van der Waals surface area contributed by atoms with Gasteiger partial charge < -0.3 is 9.84 Å². The molecular formula is C17H21N5O3. The first kappa shape index (κ1) is 16.2. The summed E-state index contributed by atoms with van der Waals surface area (Å²) >= 11 is 0. The monoisotopic (exact) mass is 343 g/mol. The summed E-state index contributed by atoms with van der Waals surface area (Å²) in [5, 5.41) is 21.4. The molecule has 2 aromatic rings. The highest BCUT2D eigenvalue weighted by molar-refractivity contribution is 5.83. The van der Waals surface area contributed by atoms with Crippen LogP contribution in [-0.4, -0.2) is 68.5 Å². The van der Waals surface area contributed by atoms with Gasteiger partial charge in [0.2, 0.25) is 5.54 Å². The highest BCUT2D eigenvalue weighted by Gasteiger charge is 2.47. The molecule has 2 bridgehead atoms. The average Bonchev–Trinajstić information content (AvgIpc) is 3.20. The number of aliphatic hydroxyl groups excluding tert-OH is 1. The maximum atomic E-state index is 13.2. The molecule has 2 atom stereocenters. The first-order chi connectivity index (χ1) is 12.2. The van der Waals surface area contributed by atoms with E-state index in [1.807, 2.05) is 18.2 Å². The third kappa shape index (κ3) is 2.71. The van der Waals surface area contributed by atoms with Crippen molar-refractivity contribution in [1.29, 1.82) is 0 Å². The molecule has 2 unspecified atom stereocenters. The Morgan fingerprint density at radius 3 is 2.60 bits per heavy atom. The van der Waals surface area contributed by atoms with Gasteiger partial charge in [0.05, 0.1) is 6.61 Å². The van der Waals surface area contributed by atoms with Crippen LogP contribution in [0.25, 0.3) is 0 Å². The quantitative estimate of drug-likeness (QED) is 0.767. The molecule has 4 heterocycles. The van der Waals surface area contributed by atoms with Crippen LogP contribution < -0.4 is 0 Å². The third-order valence-electron chi connectivity index (χ3n) is 5.41. The Morgan fingerprint density at radius 2 is 2.04 bits per heavy atom. The van der Waals surface area contributed by atoms with Gasteiger partial charge in [0.1, 0.15) is 12.4 Å². The summed E-state index contributed by atoms with van der Waals surface area (Å²) in [6, 6.07) is 9.02. The van der Waals surface area contributed by atoms with E-state index in [4.69, 9.17) is 4.74 Å². The molecule has 0 amide bonds. The molecule has 3 aliphatic heterocycles. The lowest BCUT2D eigenvalue weighted by molar-refractivity contribution is -0.170. The van der Waals surface area contributed by atoms with Gasteiger partial charge in [0, 0.05) is 6.54 Å². The van der Waals surface area contributed by atoms with Crippen molar-refractivity contribution in [3.63, 3.8) is 0 Å². The molecule has 8 nitrogen and oxygen atoms in total. The maximum absolute atomic E-state index is 13.2. The SMILES string of the molecule is O=C(OC1CN2CCC1CC2)C(CO)(c1ccccc1)n1cnnn1. The van der Waals surface area contributed by atoms with E-state index in [1.165, 1.54) is 11.0 Å². The van der Waals surface area contributed by atoms with Crippen LogP contribution in [0.15, 0.2) is 36.7 Å². The van der Waals surface area contributed by atoms with Crippen molar-refractivity contribution >= 4 is 5.97 Å². The lowest BCUT2D eigenvalue weighted by Gasteiger charge is -2.45. The first-order valence-corrected chi connectivity index (χ1v) is 8.57. The minimum atomic E-state index is -1.48. The van der Waals surface area contributed by atoms with Crippen molar-refractivity contribution in [2.75, 3.05) is 26.2 Å². The Balaban J connectivity index is 1.67. The lowest BCUT2D eigenvalue weighted by Crippen LogP contribution is -2.55. The van der Waals surface area contributed by atoms with Crippen molar-refractivity contribution < 1.29 is 14.6 Å². The largest absolute Gasteiger partial charge is 0.459 e. The van der Waals surface area contributed by atoms with Crippen molar-refractivity contribution in [1.82, 2.24) is 25.1 Å². The van der Waals surface area contributed by atoms with E-state index >= 15 is 0 Å². The minimum absolute atomic E-state index is 0.152.